The summed E-state index contributed by atoms with van der Waals surface area (Å²) >= 11 is 0. The van der Waals surface area contributed by atoms with Crippen LogP contribution in [0.4, 0.5) is 18.4 Å². The molecular weight excluding hydrogens is 350 g/mol. The first-order valence-corrected chi connectivity index (χ1v) is 8.16. The van der Waals surface area contributed by atoms with Crippen LogP contribution in [0.25, 0.3) is 0 Å². The van der Waals surface area contributed by atoms with Gasteiger partial charge in [-0.25, -0.2) is 23.3 Å². The summed E-state index contributed by atoms with van der Waals surface area (Å²) in [4.78, 5) is 36.8. The number of hydrogen-bond acceptors (Lipinski definition) is 4. The molecular formula is C17H18F2N2O5. The van der Waals surface area contributed by atoms with E-state index in [9.17, 15) is 23.2 Å². The van der Waals surface area contributed by atoms with Gasteiger partial charge in [0, 0.05) is 13.0 Å². The van der Waals surface area contributed by atoms with Gasteiger partial charge in [-0.15, -0.1) is 0 Å². The van der Waals surface area contributed by atoms with Crippen LogP contribution in [0.5, 0.6) is 0 Å². The number of carboxylic acid groups (broad SMARTS) is 1. The second-order valence-corrected chi connectivity index (χ2v) is 6.51. The van der Waals surface area contributed by atoms with Crippen LogP contribution in [0, 0.1) is 5.92 Å². The van der Waals surface area contributed by atoms with Crippen LogP contribution in [0.15, 0.2) is 30.3 Å². The summed E-state index contributed by atoms with van der Waals surface area (Å²) in [7, 11) is 0. The van der Waals surface area contributed by atoms with Crippen molar-refractivity contribution in [1.82, 2.24) is 9.80 Å². The zero-order chi connectivity index (χ0) is 18.9. The highest BCUT2D eigenvalue weighted by molar-refractivity contribution is 5.93. The molecule has 1 aromatic rings. The molecule has 0 bridgehead atoms. The van der Waals surface area contributed by atoms with Gasteiger partial charge >= 0.3 is 12.2 Å². The summed E-state index contributed by atoms with van der Waals surface area (Å²) < 4.78 is 33.0. The predicted octanol–water partition coefficient (Wildman–Crippen LogP) is 2.21. The molecule has 7 nitrogen and oxygen atoms in total. The smallest absolute Gasteiger partial charge is 0.416 e. The first-order chi connectivity index (χ1) is 12.3. The van der Waals surface area contributed by atoms with Crippen LogP contribution in [0.2, 0.25) is 0 Å². The number of halogens is 2. The van der Waals surface area contributed by atoms with Gasteiger partial charge in [0.15, 0.2) is 0 Å². The van der Waals surface area contributed by atoms with Crippen LogP contribution in [0.1, 0.15) is 12.0 Å². The highest BCUT2D eigenvalue weighted by atomic mass is 19.3. The molecule has 0 radical (unpaired) electrons. The van der Waals surface area contributed by atoms with E-state index in [1.54, 1.807) is 0 Å². The third-order valence-corrected chi connectivity index (χ3v) is 4.68. The van der Waals surface area contributed by atoms with Crippen molar-refractivity contribution in [3.63, 3.8) is 0 Å². The topological polar surface area (TPSA) is 87.2 Å². The Balaban J connectivity index is 1.69. The number of carbonyl (C=O) groups is 3. The number of imide groups is 1. The Labute approximate surface area is 148 Å². The molecule has 0 saturated carbocycles. The molecule has 2 heterocycles. The quantitative estimate of drug-likeness (QED) is 0.881. The summed E-state index contributed by atoms with van der Waals surface area (Å²) in [5.74, 6) is -5.55. The highest BCUT2D eigenvalue weighted by Gasteiger charge is 2.51. The molecule has 0 aliphatic carbocycles. The number of amides is 3. The number of carbonyl (C=O) groups excluding carboxylic acids is 2. The molecule has 3 amide bonds. The fourth-order valence-corrected chi connectivity index (χ4v) is 3.32. The van der Waals surface area contributed by atoms with E-state index in [1.165, 1.54) is 0 Å². The first-order valence-electron chi connectivity index (χ1n) is 8.16. The lowest BCUT2D eigenvalue weighted by molar-refractivity contribution is -0.133. The van der Waals surface area contributed by atoms with Crippen LogP contribution in [0.3, 0.4) is 0 Å². The predicted molar refractivity (Wildman–Crippen MR) is 84.8 cm³/mol. The molecule has 2 atom stereocenters. The maximum atomic E-state index is 14.0. The average Bonchev–Trinajstić information content (AvgIpc) is 3.08. The molecule has 0 spiro atoms. The molecule has 140 valence electrons. The Kier molecular flexibility index (Phi) is 4.80. The van der Waals surface area contributed by atoms with E-state index in [2.05, 4.69) is 0 Å². The number of hydrogen-bond donors (Lipinski definition) is 1. The normalized spacial score (nSPS) is 24.6. The lowest BCUT2D eigenvalue weighted by atomic mass is 9.99. The van der Waals surface area contributed by atoms with Crippen molar-refractivity contribution in [3.8, 4) is 0 Å². The summed E-state index contributed by atoms with van der Waals surface area (Å²) in [5.41, 5.74) is 0.886. The minimum absolute atomic E-state index is 0.00176. The van der Waals surface area contributed by atoms with Crippen molar-refractivity contribution in [2.45, 2.75) is 24.8 Å². The van der Waals surface area contributed by atoms with E-state index in [-0.39, 0.29) is 6.61 Å². The third kappa shape index (κ3) is 3.61. The van der Waals surface area contributed by atoms with E-state index < -0.39 is 55.5 Å². The molecule has 3 rings (SSSR count). The lowest BCUT2D eigenvalue weighted by Crippen LogP contribution is -2.42. The molecule has 9 heteroatoms. The minimum atomic E-state index is -3.31. The second kappa shape index (κ2) is 6.89. The molecule has 2 aliphatic heterocycles. The van der Waals surface area contributed by atoms with E-state index in [0.29, 0.717) is 11.3 Å². The van der Waals surface area contributed by atoms with E-state index in [1.807, 2.05) is 30.3 Å². The molecule has 26 heavy (non-hydrogen) atoms. The van der Waals surface area contributed by atoms with Gasteiger partial charge in [0.25, 0.3) is 5.92 Å². The fourth-order valence-electron chi connectivity index (χ4n) is 3.32. The standard InChI is InChI=1S/C17H18F2N2O5/c18-17(19)10-20(15(23)24)8-12(17)7-14(22)21-13(9-26-16(21)25)6-11-4-2-1-3-5-11/h1-5,12-13H,6-10H2,(H,23,24)/t12?,13-/m0/s1. The molecule has 1 unspecified atom stereocenters. The van der Waals surface area contributed by atoms with E-state index in [0.717, 1.165) is 10.5 Å². The van der Waals surface area contributed by atoms with Gasteiger partial charge in [-0.05, 0) is 12.0 Å². The van der Waals surface area contributed by atoms with Gasteiger partial charge < -0.3 is 14.7 Å². The van der Waals surface area contributed by atoms with Crippen molar-refractivity contribution < 1.29 is 33.0 Å². The number of likely N-dealkylation sites (tertiary alicyclic amines) is 1. The van der Waals surface area contributed by atoms with Crippen LogP contribution in [-0.4, -0.2) is 64.7 Å². The van der Waals surface area contributed by atoms with Gasteiger partial charge in [-0.3, -0.25) is 4.79 Å². The zero-order valence-electron chi connectivity index (χ0n) is 13.8. The van der Waals surface area contributed by atoms with Crippen molar-refractivity contribution in [3.05, 3.63) is 35.9 Å². The first kappa shape index (κ1) is 18.1. The average molecular weight is 368 g/mol. The SMILES string of the molecule is O=C(O)N1CC(CC(=O)N2C(=O)OC[C@@H]2Cc2ccccc2)C(F)(F)C1. The maximum Gasteiger partial charge on any atom is 0.416 e. The number of ether oxygens (including phenoxy) is 1. The Morgan fingerprint density at radius 2 is 1.96 bits per heavy atom. The summed E-state index contributed by atoms with van der Waals surface area (Å²) in [6, 6.07) is 8.57. The van der Waals surface area contributed by atoms with Gasteiger partial charge in [0.1, 0.15) is 6.61 Å². The number of rotatable bonds is 4. The van der Waals surface area contributed by atoms with E-state index >= 15 is 0 Å². The molecule has 1 N–H and O–H groups in total. The fraction of sp³-hybridized carbons (Fsp3) is 0.471. The largest absolute Gasteiger partial charge is 0.465 e. The molecule has 1 aromatic carbocycles. The number of alkyl halides is 2. The van der Waals surface area contributed by atoms with Crippen molar-refractivity contribution in [2.75, 3.05) is 19.7 Å². The Morgan fingerprint density at radius 1 is 1.27 bits per heavy atom. The van der Waals surface area contributed by atoms with Crippen LogP contribution < -0.4 is 0 Å². The van der Waals surface area contributed by atoms with Crippen molar-refractivity contribution in [2.24, 2.45) is 5.92 Å². The summed E-state index contributed by atoms with van der Waals surface area (Å²) in [6.07, 6.45) is -2.56. The Hall–Kier alpha value is -2.71. The monoisotopic (exact) mass is 368 g/mol. The lowest BCUT2D eigenvalue weighted by Gasteiger charge is -2.23. The van der Waals surface area contributed by atoms with E-state index in [4.69, 9.17) is 9.84 Å². The van der Waals surface area contributed by atoms with Gasteiger partial charge in [-0.1, -0.05) is 30.3 Å². The Bertz CT molecular complexity index is 712. The van der Waals surface area contributed by atoms with Gasteiger partial charge in [-0.2, -0.15) is 0 Å². The third-order valence-electron chi connectivity index (χ3n) is 4.68. The number of nitrogens with zero attached hydrogens (tertiary/aromatic N) is 2. The van der Waals surface area contributed by atoms with Crippen molar-refractivity contribution in [1.29, 1.82) is 0 Å². The molecule has 2 aliphatic rings. The van der Waals surface area contributed by atoms with Crippen molar-refractivity contribution >= 4 is 18.1 Å². The molecule has 2 saturated heterocycles. The molecule has 0 aromatic heterocycles. The summed E-state index contributed by atoms with van der Waals surface area (Å²) in [5, 5.41) is 8.88. The number of cyclic esters (lactones) is 1. The summed E-state index contributed by atoms with van der Waals surface area (Å²) in [6.45, 7) is -1.39. The number of benzene rings is 1. The zero-order valence-corrected chi connectivity index (χ0v) is 13.8. The second-order valence-electron chi connectivity index (χ2n) is 6.51. The van der Waals surface area contributed by atoms with Crippen LogP contribution >= 0.6 is 0 Å². The van der Waals surface area contributed by atoms with Gasteiger partial charge in [0.2, 0.25) is 5.91 Å². The highest BCUT2D eigenvalue weighted by Crippen LogP contribution is 2.36. The maximum absolute atomic E-state index is 14.0. The van der Waals surface area contributed by atoms with Crippen LogP contribution in [-0.2, 0) is 16.0 Å². The minimum Gasteiger partial charge on any atom is -0.465 e. The Morgan fingerprint density at radius 3 is 2.58 bits per heavy atom. The van der Waals surface area contributed by atoms with Gasteiger partial charge in [0.05, 0.1) is 18.5 Å². The molecule has 2 fully saturated rings.